The van der Waals surface area contributed by atoms with E-state index in [2.05, 4.69) is 13.8 Å². The smallest absolute Gasteiger partial charge is 0.0235 e. The standard InChI is InChI=1S/C9H15/c1-7-3-4-8(7)9(2)5-6-9/h8H,3-6H2,1-2H3. The second kappa shape index (κ2) is 1.53. The minimum Gasteiger partial charge on any atom is -0.0594 e. The summed E-state index contributed by atoms with van der Waals surface area (Å²) in [4.78, 5) is 0. The molecule has 51 valence electrons. The Morgan fingerprint density at radius 1 is 1.44 bits per heavy atom. The summed E-state index contributed by atoms with van der Waals surface area (Å²) in [6.45, 7) is 4.78. The van der Waals surface area contributed by atoms with Crippen LogP contribution in [0, 0.1) is 17.3 Å². The molecule has 0 spiro atoms. The van der Waals surface area contributed by atoms with Crippen LogP contribution >= 0.6 is 0 Å². The van der Waals surface area contributed by atoms with Crippen molar-refractivity contribution in [1.29, 1.82) is 0 Å². The summed E-state index contributed by atoms with van der Waals surface area (Å²) in [5.41, 5.74) is 0.780. The molecular weight excluding hydrogens is 108 g/mol. The van der Waals surface area contributed by atoms with Crippen LogP contribution in [0.4, 0.5) is 0 Å². The van der Waals surface area contributed by atoms with Gasteiger partial charge in [-0.15, -0.1) is 0 Å². The first kappa shape index (κ1) is 5.76. The molecule has 0 aromatic heterocycles. The lowest BCUT2D eigenvalue weighted by Crippen LogP contribution is -2.28. The molecule has 0 heteroatoms. The van der Waals surface area contributed by atoms with Crippen molar-refractivity contribution in [1.82, 2.24) is 0 Å². The van der Waals surface area contributed by atoms with Crippen molar-refractivity contribution in [2.24, 2.45) is 11.3 Å². The Morgan fingerprint density at radius 3 is 2.22 bits per heavy atom. The molecule has 1 radical (unpaired) electrons. The highest BCUT2D eigenvalue weighted by Crippen LogP contribution is 2.60. The van der Waals surface area contributed by atoms with Gasteiger partial charge >= 0.3 is 0 Å². The molecule has 2 fully saturated rings. The fourth-order valence-electron chi connectivity index (χ4n) is 2.07. The zero-order valence-electron chi connectivity index (χ0n) is 6.41. The fourth-order valence-corrected chi connectivity index (χ4v) is 2.07. The monoisotopic (exact) mass is 123 g/mol. The van der Waals surface area contributed by atoms with Gasteiger partial charge in [0.2, 0.25) is 0 Å². The lowest BCUT2D eigenvalue weighted by atomic mass is 9.67. The summed E-state index contributed by atoms with van der Waals surface area (Å²) >= 11 is 0. The van der Waals surface area contributed by atoms with Gasteiger partial charge in [-0.2, -0.15) is 0 Å². The minimum atomic E-state index is 0.780. The van der Waals surface area contributed by atoms with Gasteiger partial charge < -0.3 is 0 Å². The highest BCUT2D eigenvalue weighted by Gasteiger charge is 2.50. The Balaban J connectivity index is 1.98. The first-order valence-corrected chi connectivity index (χ1v) is 4.05. The van der Waals surface area contributed by atoms with Gasteiger partial charge in [0.1, 0.15) is 0 Å². The maximum atomic E-state index is 2.44. The summed E-state index contributed by atoms with van der Waals surface area (Å²) in [6, 6.07) is 0. The number of hydrogen-bond donors (Lipinski definition) is 0. The van der Waals surface area contributed by atoms with Gasteiger partial charge in [-0.1, -0.05) is 13.8 Å². The Bertz CT molecular complexity index is 122. The summed E-state index contributed by atoms with van der Waals surface area (Å²) in [6.07, 6.45) is 5.90. The van der Waals surface area contributed by atoms with E-state index in [1.165, 1.54) is 25.7 Å². The summed E-state index contributed by atoms with van der Waals surface area (Å²) in [5.74, 6) is 2.80. The average molecular weight is 123 g/mol. The van der Waals surface area contributed by atoms with E-state index in [1.807, 2.05) is 0 Å². The van der Waals surface area contributed by atoms with Crippen molar-refractivity contribution in [3.63, 3.8) is 0 Å². The Kier molecular flexibility index (Phi) is 0.980. The third-order valence-corrected chi connectivity index (χ3v) is 3.30. The van der Waals surface area contributed by atoms with Crippen molar-refractivity contribution in [2.75, 3.05) is 0 Å². The first-order valence-electron chi connectivity index (χ1n) is 4.05. The lowest BCUT2D eigenvalue weighted by molar-refractivity contribution is 0.241. The average Bonchev–Trinajstić information content (AvgIpc) is 2.44. The van der Waals surface area contributed by atoms with Crippen molar-refractivity contribution in [3.05, 3.63) is 5.92 Å². The Hall–Kier alpha value is 0. The Morgan fingerprint density at radius 2 is 2.11 bits per heavy atom. The van der Waals surface area contributed by atoms with Crippen LogP contribution in [0.15, 0.2) is 0 Å². The molecule has 0 N–H and O–H groups in total. The van der Waals surface area contributed by atoms with Crippen LogP contribution in [0.25, 0.3) is 0 Å². The summed E-state index contributed by atoms with van der Waals surface area (Å²) in [7, 11) is 0. The highest BCUT2D eigenvalue weighted by atomic mass is 14.5. The normalized spacial score (nSPS) is 40.0. The molecule has 2 rings (SSSR count). The zero-order chi connectivity index (χ0) is 6.48. The molecule has 1 unspecified atom stereocenters. The molecule has 0 saturated heterocycles. The molecule has 0 bridgehead atoms. The molecular formula is C9H15. The quantitative estimate of drug-likeness (QED) is 0.503. The van der Waals surface area contributed by atoms with Gasteiger partial charge in [-0.3, -0.25) is 0 Å². The molecule has 2 aliphatic rings. The molecule has 0 nitrogen and oxygen atoms in total. The van der Waals surface area contributed by atoms with E-state index in [0.717, 1.165) is 11.3 Å². The fraction of sp³-hybridized carbons (Fsp3) is 0.889. The van der Waals surface area contributed by atoms with Gasteiger partial charge in [0, 0.05) is 0 Å². The second-order valence-electron chi connectivity index (χ2n) is 4.09. The molecule has 0 aromatic carbocycles. The van der Waals surface area contributed by atoms with Crippen molar-refractivity contribution < 1.29 is 0 Å². The highest BCUT2D eigenvalue weighted by molar-refractivity contribution is 5.13. The van der Waals surface area contributed by atoms with E-state index in [-0.39, 0.29) is 0 Å². The van der Waals surface area contributed by atoms with E-state index in [1.54, 1.807) is 5.92 Å². The van der Waals surface area contributed by atoms with E-state index in [4.69, 9.17) is 0 Å². The molecule has 0 heterocycles. The van der Waals surface area contributed by atoms with Crippen LogP contribution in [-0.2, 0) is 0 Å². The maximum Gasteiger partial charge on any atom is -0.0235 e. The molecule has 2 saturated carbocycles. The van der Waals surface area contributed by atoms with Gasteiger partial charge in [0.15, 0.2) is 0 Å². The van der Waals surface area contributed by atoms with Gasteiger partial charge in [-0.25, -0.2) is 0 Å². The van der Waals surface area contributed by atoms with Gasteiger partial charge in [-0.05, 0) is 42.9 Å². The van der Waals surface area contributed by atoms with Crippen LogP contribution < -0.4 is 0 Å². The van der Waals surface area contributed by atoms with E-state index in [0.29, 0.717) is 0 Å². The minimum absolute atomic E-state index is 0.780. The van der Waals surface area contributed by atoms with Crippen LogP contribution in [0.3, 0.4) is 0 Å². The van der Waals surface area contributed by atoms with Gasteiger partial charge in [0.25, 0.3) is 0 Å². The third-order valence-electron chi connectivity index (χ3n) is 3.30. The predicted molar refractivity (Wildman–Crippen MR) is 39.0 cm³/mol. The van der Waals surface area contributed by atoms with Crippen LogP contribution in [-0.4, -0.2) is 0 Å². The topological polar surface area (TPSA) is 0 Å². The summed E-state index contributed by atoms with van der Waals surface area (Å²) in [5, 5.41) is 0. The largest absolute Gasteiger partial charge is 0.0594 e. The van der Waals surface area contributed by atoms with Gasteiger partial charge in [0.05, 0.1) is 0 Å². The zero-order valence-corrected chi connectivity index (χ0v) is 6.41. The molecule has 2 aliphatic carbocycles. The summed E-state index contributed by atoms with van der Waals surface area (Å²) < 4.78 is 0. The van der Waals surface area contributed by atoms with Crippen molar-refractivity contribution in [3.8, 4) is 0 Å². The Labute approximate surface area is 57.6 Å². The van der Waals surface area contributed by atoms with Crippen LogP contribution in [0.1, 0.15) is 39.5 Å². The number of hydrogen-bond acceptors (Lipinski definition) is 0. The molecule has 1 atom stereocenters. The third kappa shape index (κ3) is 0.720. The van der Waals surface area contributed by atoms with Crippen molar-refractivity contribution >= 4 is 0 Å². The predicted octanol–water partition coefficient (Wildman–Crippen LogP) is 2.79. The number of rotatable bonds is 1. The SMILES string of the molecule is C[C]1CCC1C1(C)CC1. The molecule has 0 amide bonds. The van der Waals surface area contributed by atoms with Crippen LogP contribution in [0.2, 0.25) is 0 Å². The van der Waals surface area contributed by atoms with Crippen molar-refractivity contribution in [2.45, 2.75) is 39.5 Å². The van der Waals surface area contributed by atoms with Crippen LogP contribution in [0.5, 0.6) is 0 Å². The second-order valence-corrected chi connectivity index (χ2v) is 4.09. The molecule has 0 aromatic rings. The van der Waals surface area contributed by atoms with E-state index in [9.17, 15) is 0 Å². The maximum absolute atomic E-state index is 2.44. The molecule has 9 heavy (non-hydrogen) atoms. The lowest BCUT2D eigenvalue weighted by Gasteiger charge is -2.38. The van der Waals surface area contributed by atoms with E-state index >= 15 is 0 Å². The molecule has 0 aliphatic heterocycles. The first-order chi connectivity index (χ1) is 4.22. The van der Waals surface area contributed by atoms with E-state index < -0.39 is 0 Å².